The Bertz CT molecular complexity index is 1000. The molecule has 0 radical (unpaired) electrons. The summed E-state index contributed by atoms with van der Waals surface area (Å²) in [5, 5.41) is 14.8. The second kappa shape index (κ2) is 8.25. The zero-order valence-electron chi connectivity index (χ0n) is 14.0. The minimum atomic E-state index is -0.577. The number of halogens is 1. The number of hydrogen-bond acceptors (Lipinski definition) is 4. The van der Waals surface area contributed by atoms with Crippen molar-refractivity contribution >= 4 is 29.4 Å². The Labute approximate surface area is 160 Å². The van der Waals surface area contributed by atoms with Gasteiger partial charge in [-0.3, -0.25) is 14.9 Å². The molecule has 7 heteroatoms. The number of rotatable bonds is 5. The monoisotopic (exact) mass is 379 g/mol. The van der Waals surface area contributed by atoms with E-state index in [9.17, 15) is 14.9 Å². The van der Waals surface area contributed by atoms with Crippen molar-refractivity contribution in [1.29, 1.82) is 0 Å². The van der Waals surface area contributed by atoms with Crippen molar-refractivity contribution in [2.75, 3.05) is 0 Å². The van der Waals surface area contributed by atoms with Crippen molar-refractivity contribution in [3.8, 4) is 11.1 Å². The molecule has 1 amide bonds. The molecule has 0 fully saturated rings. The highest BCUT2D eigenvalue weighted by Crippen LogP contribution is 2.24. The van der Waals surface area contributed by atoms with Gasteiger partial charge in [0.1, 0.15) is 5.02 Å². The molecule has 134 valence electrons. The van der Waals surface area contributed by atoms with Crippen LogP contribution in [0.15, 0.2) is 77.9 Å². The highest BCUT2D eigenvalue weighted by molar-refractivity contribution is 6.32. The van der Waals surface area contributed by atoms with Gasteiger partial charge >= 0.3 is 0 Å². The maximum Gasteiger partial charge on any atom is 0.288 e. The van der Waals surface area contributed by atoms with E-state index in [1.54, 1.807) is 18.2 Å². The third-order valence-corrected chi connectivity index (χ3v) is 4.12. The summed E-state index contributed by atoms with van der Waals surface area (Å²) in [6, 6.07) is 21.2. The van der Waals surface area contributed by atoms with Crippen LogP contribution in [-0.2, 0) is 0 Å². The third-order valence-electron chi connectivity index (χ3n) is 3.80. The van der Waals surface area contributed by atoms with E-state index in [1.807, 2.05) is 42.5 Å². The number of benzene rings is 3. The number of nitro groups is 1. The number of hydrogen-bond donors (Lipinski definition) is 1. The number of nitro benzene ring substituents is 1. The predicted octanol–water partition coefficient (Wildman–Crippen LogP) is 4.68. The number of amides is 1. The highest BCUT2D eigenvalue weighted by atomic mass is 35.5. The molecule has 3 rings (SSSR count). The maximum atomic E-state index is 12.2. The number of carbonyl (C=O) groups excluding carboxylic acids is 1. The molecule has 0 aliphatic heterocycles. The first kappa shape index (κ1) is 18.3. The van der Waals surface area contributed by atoms with E-state index in [4.69, 9.17) is 11.6 Å². The van der Waals surface area contributed by atoms with Crippen LogP contribution in [0.4, 0.5) is 5.69 Å². The maximum absolute atomic E-state index is 12.2. The summed E-state index contributed by atoms with van der Waals surface area (Å²) in [5.41, 5.74) is 5.15. The van der Waals surface area contributed by atoms with Crippen LogP contribution in [0.25, 0.3) is 11.1 Å². The minimum absolute atomic E-state index is 0.0414. The molecule has 0 aliphatic carbocycles. The van der Waals surface area contributed by atoms with E-state index in [-0.39, 0.29) is 16.6 Å². The van der Waals surface area contributed by atoms with Gasteiger partial charge < -0.3 is 0 Å². The first-order valence-corrected chi connectivity index (χ1v) is 8.35. The van der Waals surface area contributed by atoms with Crippen LogP contribution >= 0.6 is 11.6 Å². The van der Waals surface area contributed by atoms with Gasteiger partial charge in [0.2, 0.25) is 0 Å². The van der Waals surface area contributed by atoms with Crippen molar-refractivity contribution in [2.45, 2.75) is 0 Å². The fourth-order valence-electron chi connectivity index (χ4n) is 2.42. The molecule has 0 aliphatic rings. The first-order chi connectivity index (χ1) is 13.0. The zero-order chi connectivity index (χ0) is 19.2. The fraction of sp³-hybridized carbons (Fsp3) is 0. The molecule has 0 spiro atoms. The molecule has 0 heterocycles. The Morgan fingerprint density at radius 2 is 1.67 bits per heavy atom. The molecule has 6 nitrogen and oxygen atoms in total. The van der Waals surface area contributed by atoms with Gasteiger partial charge in [-0.15, -0.1) is 0 Å². The van der Waals surface area contributed by atoms with Gasteiger partial charge in [-0.2, -0.15) is 5.10 Å². The van der Waals surface area contributed by atoms with Gasteiger partial charge in [0, 0.05) is 17.2 Å². The summed E-state index contributed by atoms with van der Waals surface area (Å²) in [6.45, 7) is 0. The van der Waals surface area contributed by atoms with Crippen molar-refractivity contribution < 1.29 is 9.72 Å². The standard InChI is InChI=1S/C20H14ClN3O3/c21-18-11-6-14(12-19(18)24(26)27)13-22-23-20(25)17-9-7-16(8-10-17)15-4-2-1-3-5-15/h1-13H,(H,23,25). The summed E-state index contributed by atoms with van der Waals surface area (Å²) < 4.78 is 0. The van der Waals surface area contributed by atoms with Crippen LogP contribution in [0.1, 0.15) is 15.9 Å². The lowest BCUT2D eigenvalue weighted by atomic mass is 10.0. The highest BCUT2D eigenvalue weighted by Gasteiger charge is 2.12. The molecule has 3 aromatic carbocycles. The molecule has 3 aromatic rings. The average Bonchev–Trinajstić information content (AvgIpc) is 2.69. The smallest absolute Gasteiger partial charge is 0.267 e. The van der Waals surface area contributed by atoms with Crippen LogP contribution in [-0.4, -0.2) is 17.0 Å². The SMILES string of the molecule is O=C(NN=Cc1ccc(Cl)c([N+](=O)[O-])c1)c1ccc(-c2ccccc2)cc1. The minimum Gasteiger partial charge on any atom is -0.267 e. The Morgan fingerprint density at radius 3 is 2.33 bits per heavy atom. The number of nitrogens with one attached hydrogen (secondary N) is 1. The van der Waals surface area contributed by atoms with E-state index in [1.165, 1.54) is 18.3 Å². The van der Waals surface area contributed by atoms with Crippen LogP contribution < -0.4 is 5.43 Å². The molecule has 0 saturated carbocycles. The third kappa shape index (κ3) is 4.56. The van der Waals surface area contributed by atoms with Crippen LogP contribution in [0.3, 0.4) is 0 Å². The first-order valence-electron chi connectivity index (χ1n) is 7.97. The Balaban J connectivity index is 1.66. The Hall–Kier alpha value is -3.51. The summed E-state index contributed by atoms with van der Waals surface area (Å²) in [5.74, 6) is -0.380. The molecule has 0 saturated heterocycles. The van der Waals surface area contributed by atoms with E-state index in [0.717, 1.165) is 11.1 Å². The number of hydrazone groups is 1. The second-order valence-corrected chi connectivity index (χ2v) is 6.02. The van der Waals surface area contributed by atoms with E-state index >= 15 is 0 Å². The van der Waals surface area contributed by atoms with Crippen LogP contribution in [0.5, 0.6) is 0 Å². The molecule has 1 N–H and O–H groups in total. The lowest BCUT2D eigenvalue weighted by Crippen LogP contribution is -2.17. The largest absolute Gasteiger partial charge is 0.288 e. The summed E-state index contributed by atoms with van der Waals surface area (Å²) in [7, 11) is 0. The molecule has 0 aromatic heterocycles. The molecule has 27 heavy (non-hydrogen) atoms. The van der Waals surface area contributed by atoms with Crippen molar-refractivity contribution in [3.63, 3.8) is 0 Å². The normalized spacial score (nSPS) is 10.7. The van der Waals surface area contributed by atoms with Crippen molar-refractivity contribution in [2.24, 2.45) is 5.10 Å². The fourth-order valence-corrected chi connectivity index (χ4v) is 2.61. The van der Waals surface area contributed by atoms with E-state index < -0.39 is 4.92 Å². The molecule has 0 unspecified atom stereocenters. The lowest BCUT2D eigenvalue weighted by molar-refractivity contribution is -0.384. The van der Waals surface area contributed by atoms with Gasteiger partial charge in [0.25, 0.3) is 11.6 Å². The molecular formula is C20H14ClN3O3. The second-order valence-electron chi connectivity index (χ2n) is 5.61. The molecular weight excluding hydrogens is 366 g/mol. The van der Waals surface area contributed by atoms with Crippen LogP contribution in [0.2, 0.25) is 5.02 Å². The zero-order valence-corrected chi connectivity index (χ0v) is 14.8. The van der Waals surface area contributed by atoms with Crippen LogP contribution in [0, 0.1) is 10.1 Å². The van der Waals surface area contributed by atoms with Gasteiger partial charge in [-0.1, -0.05) is 60.1 Å². The van der Waals surface area contributed by atoms with E-state index in [0.29, 0.717) is 11.1 Å². The Kier molecular flexibility index (Phi) is 5.58. The van der Waals surface area contributed by atoms with Gasteiger partial charge in [0.05, 0.1) is 11.1 Å². The van der Waals surface area contributed by atoms with Gasteiger partial charge in [-0.25, -0.2) is 5.43 Å². The number of carbonyl (C=O) groups is 1. The van der Waals surface area contributed by atoms with Crippen molar-refractivity contribution in [3.05, 3.63) is 99.1 Å². The summed E-state index contributed by atoms with van der Waals surface area (Å²) in [6.07, 6.45) is 1.32. The summed E-state index contributed by atoms with van der Waals surface area (Å²) in [4.78, 5) is 22.5. The Morgan fingerprint density at radius 1 is 1.00 bits per heavy atom. The lowest BCUT2D eigenvalue weighted by Gasteiger charge is -2.03. The number of nitrogens with zero attached hydrogens (tertiary/aromatic N) is 2. The van der Waals surface area contributed by atoms with E-state index in [2.05, 4.69) is 10.5 Å². The average molecular weight is 380 g/mol. The molecule has 0 bridgehead atoms. The predicted molar refractivity (Wildman–Crippen MR) is 105 cm³/mol. The van der Waals surface area contributed by atoms with Crippen molar-refractivity contribution in [1.82, 2.24) is 5.43 Å². The quantitative estimate of drug-likeness (QED) is 0.397. The van der Waals surface area contributed by atoms with Gasteiger partial charge in [0.15, 0.2) is 0 Å². The topological polar surface area (TPSA) is 84.6 Å². The molecule has 0 atom stereocenters. The summed E-state index contributed by atoms with van der Waals surface area (Å²) >= 11 is 5.76. The van der Waals surface area contributed by atoms with Gasteiger partial charge in [-0.05, 0) is 29.3 Å².